The first-order chi connectivity index (χ1) is 14.9. The first-order valence-corrected chi connectivity index (χ1v) is 10.1. The average molecular weight is 425 g/mol. The van der Waals surface area contributed by atoms with Gasteiger partial charge in [0.2, 0.25) is 0 Å². The number of β-amino-alcohol motifs (C(OH)–C–C–N with tert-alkyl or cyclic N) is 1. The van der Waals surface area contributed by atoms with Gasteiger partial charge in [-0.1, -0.05) is 0 Å². The van der Waals surface area contributed by atoms with E-state index in [0.717, 1.165) is 18.4 Å². The number of likely N-dealkylation sites (tertiary alicyclic amines) is 1. The molecule has 31 heavy (non-hydrogen) atoms. The zero-order valence-electron chi connectivity index (χ0n) is 16.5. The summed E-state index contributed by atoms with van der Waals surface area (Å²) >= 11 is 0. The molecule has 1 saturated heterocycles. The van der Waals surface area contributed by atoms with Gasteiger partial charge in [0, 0.05) is 29.9 Å². The van der Waals surface area contributed by atoms with Gasteiger partial charge >= 0.3 is 12.0 Å². The van der Waals surface area contributed by atoms with Crippen LogP contribution < -0.4 is 5.32 Å². The van der Waals surface area contributed by atoms with Gasteiger partial charge in [-0.15, -0.1) is 0 Å². The Morgan fingerprint density at radius 2 is 2.00 bits per heavy atom. The summed E-state index contributed by atoms with van der Waals surface area (Å²) in [6, 6.07) is 5.44. The molecule has 160 valence electrons. The highest BCUT2D eigenvalue weighted by Crippen LogP contribution is 2.42. The van der Waals surface area contributed by atoms with E-state index >= 15 is 0 Å². The third kappa shape index (κ3) is 3.70. The number of amides is 2. The monoisotopic (exact) mass is 425 g/mol. The van der Waals surface area contributed by atoms with E-state index in [-0.39, 0.29) is 23.7 Å². The van der Waals surface area contributed by atoms with Crippen LogP contribution in [0, 0.1) is 5.82 Å². The Morgan fingerprint density at radius 1 is 1.19 bits per heavy atom. The first kappa shape index (κ1) is 19.4. The molecular formula is C21H20FN5O4. The molecule has 3 aromatic rings. The zero-order valence-corrected chi connectivity index (χ0v) is 16.5. The van der Waals surface area contributed by atoms with E-state index in [0.29, 0.717) is 30.0 Å². The number of nitrogens with one attached hydrogen (secondary N) is 1. The molecule has 0 bridgehead atoms. The number of hydrogen-bond donors (Lipinski definition) is 3. The lowest BCUT2D eigenvalue weighted by Gasteiger charge is -2.16. The van der Waals surface area contributed by atoms with Crippen molar-refractivity contribution < 1.29 is 24.2 Å². The van der Waals surface area contributed by atoms with Crippen LogP contribution in [0.5, 0.6) is 0 Å². The van der Waals surface area contributed by atoms with Gasteiger partial charge in [0.25, 0.3) is 0 Å². The highest BCUT2D eigenvalue weighted by Gasteiger charge is 2.29. The number of carboxylic acid groups (broad SMARTS) is 1. The molecular weight excluding hydrogens is 405 g/mol. The number of aliphatic hydroxyl groups excluding tert-OH is 1. The fraction of sp³-hybridized carbons (Fsp3) is 0.333. The van der Waals surface area contributed by atoms with E-state index < -0.39 is 23.9 Å². The highest BCUT2D eigenvalue weighted by molar-refractivity contribution is 5.90. The van der Waals surface area contributed by atoms with Crippen molar-refractivity contribution in [3.05, 3.63) is 47.5 Å². The molecule has 1 aliphatic heterocycles. The van der Waals surface area contributed by atoms with E-state index in [1.54, 1.807) is 6.07 Å². The van der Waals surface area contributed by atoms with Gasteiger partial charge in [0.15, 0.2) is 11.3 Å². The maximum absolute atomic E-state index is 14.9. The lowest BCUT2D eigenvalue weighted by Crippen LogP contribution is -2.33. The second-order valence-corrected chi connectivity index (χ2v) is 7.97. The molecule has 5 rings (SSSR count). The molecule has 3 heterocycles. The summed E-state index contributed by atoms with van der Waals surface area (Å²) in [5.74, 6) is -1.46. The molecule has 2 aromatic heterocycles. The Morgan fingerprint density at radius 3 is 2.65 bits per heavy atom. The molecule has 2 amide bonds. The number of benzene rings is 1. The predicted octanol–water partition coefficient (Wildman–Crippen LogP) is 2.71. The Hall–Kier alpha value is -3.53. The molecule has 2 fully saturated rings. The second kappa shape index (κ2) is 7.31. The molecule has 1 atom stereocenters. The number of halogens is 1. The van der Waals surface area contributed by atoms with Crippen molar-refractivity contribution in [3.8, 4) is 11.3 Å². The van der Waals surface area contributed by atoms with Crippen LogP contribution in [0.3, 0.4) is 0 Å². The van der Waals surface area contributed by atoms with E-state index in [1.807, 2.05) is 0 Å². The van der Waals surface area contributed by atoms with E-state index in [2.05, 4.69) is 15.4 Å². The molecule has 1 saturated carbocycles. The molecule has 10 heteroatoms. The summed E-state index contributed by atoms with van der Waals surface area (Å²) in [4.78, 5) is 29.6. The quantitative estimate of drug-likeness (QED) is 0.591. The van der Waals surface area contributed by atoms with Crippen LogP contribution in [0.25, 0.3) is 16.9 Å². The predicted molar refractivity (Wildman–Crippen MR) is 109 cm³/mol. The van der Waals surface area contributed by atoms with Gasteiger partial charge in [-0.25, -0.2) is 23.5 Å². The Labute approximate surface area is 176 Å². The van der Waals surface area contributed by atoms with Crippen LogP contribution in [0.2, 0.25) is 0 Å². The first-order valence-electron chi connectivity index (χ1n) is 10.1. The number of rotatable bonds is 4. The lowest BCUT2D eigenvalue weighted by atomic mass is 10.1. The number of fused-ring (bicyclic) bond motifs is 1. The number of carboxylic acids is 1. The number of urea groups is 1. The molecule has 9 nitrogen and oxygen atoms in total. The number of hydrogen-bond acceptors (Lipinski definition) is 5. The van der Waals surface area contributed by atoms with Gasteiger partial charge in [-0.3, -0.25) is 0 Å². The summed E-state index contributed by atoms with van der Waals surface area (Å²) in [7, 11) is 0. The molecule has 0 spiro atoms. The maximum Gasteiger partial charge on any atom is 0.356 e. The standard InChI is InChI=1S/C21H20FN5O4/c22-16-7-12(23-21(31)26-6-5-13(28)9-26)3-4-14(16)18-10-27-19(24-18)15(11-1-2-11)8-17(25-27)20(29)30/h3-4,7-8,10-11,13,28H,1-2,5-6,9H2,(H,23,31)(H,29,30)/t13-/m1/s1. The number of aromatic carboxylic acids is 1. The van der Waals surface area contributed by atoms with Crippen LogP contribution in [0.15, 0.2) is 30.5 Å². The van der Waals surface area contributed by atoms with Gasteiger partial charge < -0.3 is 20.4 Å². The van der Waals surface area contributed by atoms with Gasteiger partial charge in [0.05, 0.1) is 18.0 Å². The number of imidazole rings is 1. The van der Waals surface area contributed by atoms with Gasteiger partial charge in [-0.05, 0) is 49.4 Å². The number of anilines is 1. The van der Waals surface area contributed by atoms with Crippen molar-refractivity contribution in [2.24, 2.45) is 0 Å². The second-order valence-electron chi connectivity index (χ2n) is 7.97. The number of carbonyl (C=O) groups is 2. The van der Waals surface area contributed by atoms with Crippen molar-refractivity contribution >= 4 is 23.3 Å². The number of aromatic nitrogens is 3. The van der Waals surface area contributed by atoms with Crippen molar-refractivity contribution in [2.75, 3.05) is 18.4 Å². The maximum atomic E-state index is 14.9. The minimum absolute atomic E-state index is 0.0797. The average Bonchev–Trinajstić information content (AvgIpc) is 3.33. The Bertz CT molecular complexity index is 1210. The molecule has 0 radical (unpaired) electrons. The topological polar surface area (TPSA) is 120 Å². The minimum Gasteiger partial charge on any atom is -0.476 e. The molecule has 0 unspecified atom stereocenters. The van der Waals surface area contributed by atoms with Crippen LogP contribution >= 0.6 is 0 Å². The third-order valence-electron chi connectivity index (χ3n) is 5.64. The number of nitrogens with zero attached hydrogens (tertiary/aromatic N) is 4. The van der Waals surface area contributed by atoms with E-state index in [4.69, 9.17) is 0 Å². The minimum atomic E-state index is -1.13. The van der Waals surface area contributed by atoms with Crippen LogP contribution in [-0.2, 0) is 0 Å². The summed E-state index contributed by atoms with van der Waals surface area (Å²) in [6.07, 6.45) is 3.41. The summed E-state index contributed by atoms with van der Waals surface area (Å²) in [5, 5.41) is 25.6. The fourth-order valence-electron chi connectivity index (χ4n) is 3.86. The van der Waals surface area contributed by atoms with Crippen molar-refractivity contribution in [2.45, 2.75) is 31.3 Å². The lowest BCUT2D eigenvalue weighted by molar-refractivity contribution is 0.0688. The Balaban J connectivity index is 1.44. The summed E-state index contributed by atoms with van der Waals surface area (Å²) in [6.45, 7) is 0.700. The molecule has 1 aromatic carbocycles. The van der Waals surface area contributed by atoms with Gasteiger partial charge in [-0.2, -0.15) is 5.10 Å². The van der Waals surface area contributed by atoms with Crippen LogP contribution in [0.1, 0.15) is 41.2 Å². The molecule has 1 aliphatic carbocycles. The van der Waals surface area contributed by atoms with Crippen LogP contribution in [-0.4, -0.2) is 60.9 Å². The number of carbonyl (C=O) groups excluding carboxylic acids is 1. The molecule has 2 aliphatic rings. The highest BCUT2D eigenvalue weighted by atomic mass is 19.1. The van der Waals surface area contributed by atoms with Crippen molar-refractivity contribution in [3.63, 3.8) is 0 Å². The normalized spacial score (nSPS) is 18.5. The van der Waals surface area contributed by atoms with E-state index in [9.17, 15) is 24.2 Å². The number of aliphatic hydroxyl groups is 1. The SMILES string of the molecule is O=C(O)c1cc(C2CC2)c2nc(-c3ccc(NC(=O)N4CC[C@@H](O)C4)cc3F)cn2n1. The van der Waals surface area contributed by atoms with Crippen molar-refractivity contribution in [1.29, 1.82) is 0 Å². The van der Waals surface area contributed by atoms with Crippen molar-refractivity contribution in [1.82, 2.24) is 19.5 Å². The van der Waals surface area contributed by atoms with Gasteiger partial charge in [0.1, 0.15) is 5.82 Å². The van der Waals surface area contributed by atoms with Crippen LogP contribution in [0.4, 0.5) is 14.9 Å². The largest absolute Gasteiger partial charge is 0.476 e. The van der Waals surface area contributed by atoms with E-state index in [1.165, 1.54) is 33.8 Å². The summed E-state index contributed by atoms with van der Waals surface area (Å²) in [5.41, 5.74) is 2.08. The summed E-state index contributed by atoms with van der Waals surface area (Å²) < 4.78 is 16.3. The smallest absolute Gasteiger partial charge is 0.356 e. The molecule has 3 N–H and O–H groups in total. The zero-order chi connectivity index (χ0) is 21.7. The fourth-order valence-corrected chi connectivity index (χ4v) is 3.86. The Kier molecular flexibility index (Phi) is 4.58. The third-order valence-corrected chi connectivity index (χ3v) is 5.64.